The maximum atomic E-state index is 10.4. The number of hydrogen-bond acceptors (Lipinski definition) is 7. The van der Waals surface area contributed by atoms with E-state index in [1.807, 2.05) is 0 Å². The summed E-state index contributed by atoms with van der Waals surface area (Å²) in [5.41, 5.74) is -0.426. The second kappa shape index (κ2) is 4.72. The van der Waals surface area contributed by atoms with E-state index in [9.17, 15) is 20.0 Å². The molecule has 0 aromatic carbocycles. The van der Waals surface area contributed by atoms with E-state index in [0.717, 1.165) is 12.1 Å². The molecule has 2 atom stereocenters. The molecule has 0 aliphatic carbocycles. The van der Waals surface area contributed by atoms with E-state index in [1.54, 1.807) is 0 Å². The molecular formula is C8H8N2O7. The summed E-state index contributed by atoms with van der Waals surface area (Å²) in [5.74, 6) is -3.36. The van der Waals surface area contributed by atoms with Crippen molar-refractivity contribution in [1.29, 1.82) is 0 Å². The largest absolute Gasteiger partial charge is 0.501 e. The maximum Gasteiger partial charge on any atom is 0.406 e. The van der Waals surface area contributed by atoms with E-state index in [0.29, 0.717) is 0 Å². The van der Waals surface area contributed by atoms with Gasteiger partial charge in [-0.3, -0.25) is 0 Å². The number of nitro groups is 1. The van der Waals surface area contributed by atoms with Gasteiger partial charge in [0.15, 0.2) is 17.9 Å². The van der Waals surface area contributed by atoms with Crippen molar-refractivity contribution in [2.45, 2.75) is 12.2 Å². The Morgan fingerprint density at radius 3 is 2.47 bits per heavy atom. The molecule has 9 nitrogen and oxygen atoms in total. The van der Waals surface area contributed by atoms with Crippen molar-refractivity contribution < 1.29 is 30.1 Å². The lowest BCUT2D eigenvalue weighted by Crippen LogP contribution is -2.28. The number of pyridine rings is 1. The second-order valence-corrected chi connectivity index (χ2v) is 3.06. The van der Waals surface area contributed by atoms with Gasteiger partial charge in [-0.2, -0.15) is 0 Å². The molecule has 92 valence electrons. The first-order chi connectivity index (χ1) is 7.84. The molecule has 9 heteroatoms. The monoisotopic (exact) mass is 244 g/mol. The highest BCUT2D eigenvalue weighted by molar-refractivity contribution is 5.72. The molecule has 0 aliphatic heterocycles. The van der Waals surface area contributed by atoms with Crippen molar-refractivity contribution in [1.82, 2.24) is 4.98 Å². The molecule has 0 bridgehead atoms. The molecule has 0 spiro atoms. The number of aromatic hydroxyl groups is 1. The van der Waals surface area contributed by atoms with Gasteiger partial charge >= 0.3 is 11.8 Å². The van der Waals surface area contributed by atoms with Gasteiger partial charge in [-0.05, 0) is 22.0 Å². The topological polar surface area (TPSA) is 154 Å². The van der Waals surface area contributed by atoms with Crippen molar-refractivity contribution in [3.8, 4) is 5.75 Å². The number of aliphatic hydroxyl groups excluding tert-OH is 2. The third kappa shape index (κ3) is 2.65. The number of aliphatic hydroxyl groups is 2. The van der Waals surface area contributed by atoms with Crippen LogP contribution in [-0.2, 0) is 4.79 Å². The molecule has 0 fully saturated rings. The van der Waals surface area contributed by atoms with Crippen LogP contribution in [0.4, 0.5) is 5.82 Å². The number of carboxylic acid groups (broad SMARTS) is 1. The number of aromatic nitrogens is 1. The minimum absolute atomic E-state index is 0.426. The Hall–Kier alpha value is -2.26. The molecule has 0 saturated heterocycles. The molecule has 1 heterocycles. The molecule has 1 aromatic rings. The molecule has 0 amide bonds. The molecule has 0 radical (unpaired) electrons. The highest BCUT2D eigenvalue weighted by Gasteiger charge is 2.31. The summed E-state index contributed by atoms with van der Waals surface area (Å²) < 4.78 is 0. The van der Waals surface area contributed by atoms with Crippen LogP contribution in [-0.4, -0.2) is 42.4 Å². The van der Waals surface area contributed by atoms with Crippen LogP contribution in [0.3, 0.4) is 0 Å². The predicted molar refractivity (Wildman–Crippen MR) is 51.2 cm³/mol. The van der Waals surface area contributed by atoms with Gasteiger partial charge in [0.1, 0.15) is 0 Å². The summed E-state index contributed by atoms with van der Waals surface area (Å²) in [6.07, 6.45) is -4.08. The zero-order valence-electron chi connectivity index (χ0n) is 8.22. The standard InChI is InChI=1S/C8H8N2O7/c11-4-2-1-3(9-7(4)10(16)17)5(12)6(13)8(14)15/h1-2,5-6,11-13H,(H,14,15). The zero-order valence-corrected chi connectivity index (χ0v) is 8.22. The van der Waals surface area contributed by atoms with Crippen molar-refractivity contribution in [2.24, 2.45) is 0 Å². The SMILES string of the molecule is O=C(O)C(O)C(O)c1ccc(O)c([N+](=O)[O-])n1. The van der Waals surface area contributed by atoms with Crippen LogP contribution in [0.5, 0.6) is 5.75 Å². The summed E-state index contributed by atoms with van der Waals surface area (Å²) in [7, 11) is 0. The van der Waals surface area contributed by atoms with E-state index in [4.69, 9.17) is 15.3 Å². The number of carboxylic acids is 1. The average molecular weight is 244 g/mol. The van der Waals surface area contributed by atoms with E-state index in [2.05, 4.69) is 4.98 Å². The summed E-state index contributed by atoms with van der Waals surface area (Å²) in [4.78, 5) is 23.1. The van der Waals surface area contributed by atoms with Crippen LogP contribution in [0.2, 0.25) is 0 Å². The molecule has 2 unspecified atom stereocenters. The first kappa shape index (κ1) is 12.8. The van der Waals surface area contributed by atoms with Gasteiger partial charge in [0, 0.05) is 0 Å². The van der Waals surface area contributed by atoms with Gasteiger partial charge < -0.3 is 30.5 Å². The first-order valence-corrected chi connectivity index (χ1v) is 4.28. The third-order valence-electron chi connectivity index (χ3n) is 1.90. The fourth-order valence-electron chi connectivity index (χ4n) is 1.05. The van der Waals surface area contributed by atoms with E-state index in [1.165, 1.54) is 0 Å². The maximum absolute atomic E-state index is 10.4. The van der Waals surface area contributed by atoms with E-state index in [-0.39, 0.29) is 0 Å². The number of aliphatic carboxylic acids is 1. The Morgan fingerprint density at radius 1 is 1.41 bits per heavy atom. The molecule has 1 aromatic heterocycles. The fraction of sp³-hybridized carbons (Fsp3) is 0.250. The van der Waals surface area contributed by atoms with E-state index >= 15 is 0 Å². The average Bonchev–Trinajstić information content (AvgIpc) is 2.27. The van der Waals surface area contributed by atoms with Crippen LogP contribution in [0.25, 0.3) is 0 Å². The van der Waals surface area contributed by atoms with Crippen LogP contribution in [0.1, 0.15) is 11.8 Å². The first-order valence-electron chi connectivity index (χ1n) is 4.28. The molecule has 0 aliphatic rings. The lowest BCUT2D eigenvalue weighted by atomic mass is 10.1. The number of hydrogen-bond donors (Lipinski definition) is 4. The summed E-state index contributed by atoms with van der Waals surface area (Å²) in [6, 6.07) is 1.84. The van der Waals surface area contributed by atoms with Crippen molar-refractivity contribution in [2.75, 3.05) is 0 Å². The van der Waals surface area contributed by atoms with Gasteiger partial charge in [-0.25, -0.2) is 4.79 Å². The van der Waals surface area contributed by atoms with Crippen LogP contribution >= 0.6 is 0 Å². The quantitative estimate of drug-likeness (QED) is 0.395. The molecule has 17 heavy (non-hydrogen) atoms. The second-order valence-electron chi connectivity index (χ2n) is 3.06. The highest BCUT2D eigenvalue weighted by Crippen LogP contribution is 2.26. The molecule has 0 saturated carbocycles. The van der Waals surface area contributed by atoms with Crippen LogP contribution in [0.15, 0.2) is 12.1 Å². The van der Waals surface area contributed by atoms with Gasteiger partial charge in [0.25, 0.3) is 0 Å². The van der Waals surface area contributed by atoms with E-state index < -0.39 is 40.4 Å². The third-order valence-corrected chi connectivity index (χ3v) is 1.90. The minimum atomic E-state index is -2.16. The summed E-state index contributed by atoms with van der Waals surface area (Å²) in [5, 5.41) is 46.3. The van der Waals surface area contributed by atoms with Gasteiger partial charge in [0.05, 0.1) is 0 Å². The highest BCUT2D eigenvalue weighted by atomic mass is 16.6. The Labute approximate surface area is 93.7 Å². The summed E-state index contributed by atoms with van der Waals surface area (Å²) in [6.45, 7) is 0. The lowest BCUT2D eigenvalue weighted by Gasteiger charge is -2.10. The lowest BCUT2D eigenvalue weighted by molar-refractivity contribution is -0.390. The normalized spacial score (nSPS) is 14.0. The number of carbonyl (C=O) groups is 1. The Kier molecular flexibility index (Phi) is 3.55. The van der Waals surface area contributed by atoms with Crippen molar-refractivity contribution in [3.63, 3.8) is 0 Å². The smallest absolute Gasteiger partial charge is 0.406 e. The van der Waals surface area contributed by atoms with Crippen molar-refractivity contribution in [3.05, 3.63) is 27.9 Å². The Morgan fingerprint density at radius 2 is 2.00 bits per heavy atom. The van der Waals surface area contributed by atoms with Crippen LogP contribution < -0.4 is 0 Å². The van der Waals surface area contributed by atoms with Crippen LogP contribution in [0, 0.1) is 10.1 Å². The molecular weight excluding hydrogens is 236 g/mol. The van der Waals surface area contributed by atoms with Gasteiger partial charge in [-0.15, -0.1) is 0 Å². The zero-order chi connectivity index (χ0) is 13.2. The Balaban J connectivity index is 3.11. The summed E-state index contributed by atoms with van der Waals surface area (Å²) >= 11 is 0. The van der Waals surface area contributed by atoms with Gasteiger partial charge in [-0.1, -0.05) is 0 Å². The Bertz CT molecular complexity index is 461. The molecule has 1 rings (SSSR count). The van der Waals surface area contributed by atoms with Crippen molar-refractivity contribution >= 4 is 11.8 Å². The minimum Gasteiger partial charge on any atom is -0.501 e. The number of nitrogens with zero attached hydrogens (tertiary/aromatic N) is 2. The fourth-order valence-corrected chi connectivity index (χ4v) is 1.05. The predicted octanol–water partition coefficient (Wildman–Crippen LogP) is -0.826. The van der Waals surface area contributed by atoms with Gasteiger partial charge in [0.2, 0.25) is 5.75 Å². The molecule has 4 N–H and O–H groups in total. The number of rotatable bonds is 4.